The molecule has 5 heteroatoms. The molecule has 1 aromatic carbocycles. The van der Waals surface area contributed by atoms with Gasteiger partial charge in [0.2, 0.25) is 0 Å². The highest BCUT2D eigenvalue weighted by Crippen LogP contribution is 2.48. The van der Waals surface area contributed by atoms with Crippen LogP contribution in [0.5, 0.6) is 0 Å². The number of rotatable bonds is 9. The minimum absolute atomic E-state index is 0.220. The molecule has 1 unspecified atom stereocenters. The van der Waals surface area contributed by atoms with Crippen molar-refractivity contribution in [2.75, 3.05) is 44.8 Å². The van der Waals surface area contributed by atoms with E-state index in [0.29, 0.717) is 5.41 Å². The number of nitrogens with zero attached hydrogens (tertiary/aromatic N) is 2. The minimum Gasteiger partial charge on any atom is -0.382 e. The van der Waals surface area contributed by atoms with E-state index >= 15 is 0 Å². The maximum Gasteiger partial charge on any atom is 0.191 e. The Morgan fingerprint density at radius 3 is 2.74 bits per heavy atom. The molecule has 1 saturated carbocycles. The van der Waals surface area contributed by atoms with Crippen LogP contribution >= 0.6 is 0 Å². The molecule has 5 nitrogen and oxygen atoms in total. The highest BCUT2D eigenvalue weighted by atomic mass is 16.5. The Morgan fingerprint density at radius 1 is 1.30 bits per heavy atom. The first-order chi connectivity index (χ1) is 13.2. The Balaban J connectivity index is 1.51. The third kappa shape index (κ3) is 5.61. The van der Waals surface area contributed by atoms with E-state index in [1.807, 2.05) is 7.05 Å². The average molecular weight is 373 g/mol. The predicted octanol–water partition coefficient (Wildman–Crippen LogP) is 3.72. The first-order valence-electron chi connectivity index (χ1n) is 10.6. The lowest BCUT2D eigenvalue weighted by atomic mass is 10.0. The molecule has 1 atom stereocenters. The van der Waals surface area contributed by atoms with Gasteiger partial charge >= 0.3 is 0 Å². The number of guanidine groups is 1. The van der Waals surface area contributed by atoms with Crippen molar-refractivity contribution in [3.8, 4) is 0 Å². The van der Waals surface area contributed by atoms with Gasteiger partial charge in [0.05, 0.1) is 6.04 Å². The quantitative estimate of drug-likeness (QED) is 0.394. The summed E-state index contributed by atoms with van der Waals surface area (Å²) in [5.74, 6) is 0.886. The predicted molar refractivity (Wildman–Crippen MR) is 114 cm³/mol. The molecule has 1 aliphatic heterocycles. The largest absolute Gasteiger partial charge is 0.382 e. The van der Waals surface area contributed by atoms with E-state index in [0.717, 1.165) is 32.1 Å². The van der Waals surface area contributed by atoms with E-state index in [4.69, 9.17) is 4.74 Å². The molecule has 1 aliphatic carbocycles. The van der Waals surface area contributed by atoms with Gasteiger partial charge in [-0.1, -0.05) is 12.1 Å². The molecule has 0 amide bonds. The smallest absolute Gasteiger partial charge is 0.191 e. The Morgan fingerprint density at radius 2 is 2.07 bits per heavy atom. The van der Waals surface area contributed by atoms with Crippen molar-refractivity contribution in [3.63, 3.8) is 0 Å². The fourth-order valence-electron chi connectivity index (χ4n) is 3.85. The number of hydrogen-bond donors (Lipinski definition) is 2. The normalized spacial score (nSPS) is 19.8. The third-order valence-corrected chi connectivity index (χ3v) is 5.99. The van der Waals surface area contributed by atoms with E-state index in [1.54, 1.807) is 0 Å². The second-order valence-electron chi connectivity index (χ2n) is 8.03. The Bertz CT molecular complexity index is 620. The minimum atomic E-state index is 0.220. The maximum atomic E-state index is 5.54. The van der Waals surface area contributed by atoms with Crippen LogP contribution in [0.4, 0.5) is 5.69 Å². The zero-order chi connectivity index (χ0) is 19.1. The third-order valence-electron chi connectivity index (χ3n) is 5.99. The van der Waals surface area contributed by atoms with Crippen LogP contribution in [0.3, 0.4) is 0 Å². The molecule has 27 heavy (non-hydrogen) atoms. The summed E-state index contributed by atoms with van der Waals surface area (Å²) in [6.45, 7) is 9.27. The number of nitrogens with one attached hydrogen (secondary N) is 2. The van der Waals surface area contributed by atoms with Crippen LogP contribution in [-0.4, -0.2) is 45.9 Å². The zero-order valence-corrected chi connectivity index (χ0v) is 17.3. The molecule has 3 rings (SSSR count). The second-order valence-corrected chi connectivity index (χ2v) is 8.03. The summed E-state index contributed by atoms with van der Waals surface area (Å²) >= 11 is 0. The van der Waals surface area contributed by atoms with Crippen molar-refractivity contribution < 1.29 is 4.74 Å². The molecule has 1 saturated heterocycles. The summed E-state index contributed by atoms with van der Waals surface area (Å²) in [6.07, 6.45) is 6.33. The number of aliphatic imine (C=N–C) groups is 1. The van der Waals surface area contributed by atoms with Crippen molar-refractivity contribution in [1.29, 1.82) is 0 Å². The van der Waals surface area contributed by atoms with Crippen molar-refractivity contribution in [2.45, 2.75) is 52.0 Å². The summed E-state index contributed by atoms with van der Waals surface area (Å²) in [4.78, 5) is 6.92. The van der Waals surface area contributed by atoms with Gasteiger partial charge in [-0.25, -0.2) is 0 Å². The van der Waals surface area contributed by atoms with E-state index in [9.17, 15) is 0 Å². The van der Waals surface area contributed by atoms with Crippen LogP contribution < -0.4 is 15.5 Å². The van der Waals surface area contributed by atoms with Gasteiger partial charge in [-0.05, 0) is 69.1 Å². The Hall–Kier alpha value is -1.75. The summed E-state index contributed by atoms with van der Waals surface area (Å²) in [5.41, 5.74) is 3.06. The van der Waals surface area contributed by atoms with Crippen molar-refractivity contribution in [3.05, 3.63) is 29.8 Å². The highest BCUT2D eigenvalue weighted by molar-refractivity contribution is 5.80. The van der Waals surface area contributed by atoms with Crippen LogP contribution in [0.25, 0.3) is 0 Å². The first kappa shape index (κ1) is 20.0. The van der Waals surface area contributed by atoms with Crippen molar-refractivity contribution >= 4 is 11.6 Å². The molecule has 2 N–H and O–H groups in total. The van der Waals surface area contributed by atoms with Gasteiger partial charge < -0.3 is 20.3 Å². The number of benzene rings is 1. The molecule has 0 spiro atoms. The van der Waals surface area contributed by atoms with Gasteiger partial charge in [-0.15, -0.1) is 0 Å². The summed E-state index contributed by atoms with van der Waals surface area (Å²) in [5, 5.41) is 7.10. The van der Waals surface area contributed by atoms with E-state index < -0.39 is 0 Å². The van der Waals surface area contributed by atoms with Crippen LogP contribution in [-0.2, 0) is 4.74 Å². The summed E-state index contributed by atoms with van der Waals surface area (Å²) < 4.78 is 5.54. The first-order valence-corrected chi connectivity index (χ1v) is 10.6. The molecular formula is C22H36N4O. The molecule has 0 bridgehead atoms. The SMILES string of the molecule is CCOCCC1(CNC(=NC)NC(C)c2cccc(N3CCCC3)c2)CC1. The summed E-state index contributed by atoms with van der Waals surface area (Å²) in [7, 11) is 1.85. The molecule has 2 aliphatic rings. The van der Waals surface area contributed by atoms with E-state index in [-0.39, 0.29) is 6.04 Å². The lowest BCUT2D eigenvalue weighted by Crippen LogP contribution is -2.41. The van der Waals surface area contributed by atoms with Crippen LogP contribution in [0.15, 0.2) is 29.3 Å². The number of ether oxygens (including phenoxy) is 1. The topological polar surface area (TPSA) is 48.9 Å². The number of hydrogen-bond acceptors (Lipinski definition) is 3. The van der Waals surface area contributed by atoms with Gasteiger partial charge in [-0.2, -0.15) is 0 Å². The van der Waals surface area contributed by atoms with Crippen molar-refractivity contribution in [2.24, 2.45) is 10.4 Å². The van der Waals surface area contributed by atoms with Crippen LogP contribution in [0.2, 0.25) is 0 Å². The van der Waals surface area contributed by atoms with E-state index in [1.165, 1.54) is 50.0 Å². The Kier molecular flexibility index (Phi) is 7.00. The van der Waals surface area contributed by atoms with Gasteiger partial charge in [0.1, 0.15) is 0 Å². The van der Waals surface area contributed by atoms with Crippen molar-refractivity contribution in [1.82, 2.24) is 10.6 Å². The molecule has 0 radical (unpaired) electrons. The molecule has 150 valence electrons. The van der Waals surface area contributed by atoms with Gasteiger partial charge in [0, 0.05) is 45.6 Å². The molecule has 1 heterocycles. The van der Waals surface area contributed by atoms with Gasteiger partial charge in [-0.3, -0.25) is 4.99 Å². The zero-order valence-electron chi connectivity index (χ0n) is 17.3. The van der Waals surface area contributed by atoms with Gasteiger partial charge in [0.25, 0.3) is 0 Å². The fourth-order valence-corrected chi connectivity index (χ4v) is 3.85. The van der Waals surface area contributed by atoms with E-state index in [2.05, 4.69) is 58.6 Å². The average Bonchev–Trinajstić information content (AvgIpc) is 3.24. The fraction of sp³-hybridized carbons (Fsp3) is 0.682. The van der Waals surface area contributed by atoms with Crippen LogP contribution in [0, 0.1) is 5.41 Å². The lowest BCUT2D eigenvalue weighted by Gasteiger charge is -2.23. The molecular weight excluding hydrogens is 336 g/mol. The lowest BCUT2D eigenvalue weighted by molar-refractivity contribution is 0.128. The monoisotopic (exact) mass is 372 g/mol. The molecule has 2 fully saturated rings. The number of anilines is 1. The van der Waals surface area contributed by atoms with Gasteiger partial charge in [0.15, 0.2) is 5.96 Å². The maximum absolute atomic E-state index is 5.54. The second kappa shape index (κ2) is 9.45. The molecule has 1 aromatic rings. The standard InChI is InChI=1S/C22H36N4O/c1-4-27-15-12-22(10-11-22)17-24-21(23-3)25-18(2)19-8-7-9-20(16-19)26-13-5-6-14-26/h7-9,16,18H,4-6,10-15,17H2,1-3H3,(H2,23,24,25). The highest BCUT2D eigenvalue weighted by Gasteiger charge is 2.42. The Labute approximate surface area is 164 Å². The molecule has 0 aromatic heterocycles. The van der Waals surface area contributed by atoms with Crippen LogP contribution in [0.1, 0.15) is 57.6 Å². The summed E-state index contributed by atoms with van der Waals surface area (Å²) in [6, 6.07) is 9.14.